The Morgan fingerprint density at radius 2 is 1.67 bits per heavy atom. The topological polar surface area (TPSA) is 47.6 Å². The lowest BCUT2D eigenvalue weighted by molar-refractivity contribution is -0.127. The normalized spacial score (nSPS) is 13.2. The van der Waals surface area contributed by atoms with Crippen LogP contribution in [0.2, 0.25) is 0 Å². The lowest BCUT2D eigenvalue weighted by Gasteiger charge is -2.22. The van der Waals surface area contributed by atoms with Crippen LogP contribution < -0.4 is 14.8 Å². The molecule has 0 unspecified atom stereocenters. The highest BCUT2D eigenvalue weighted by molar-refractivity contribution is 9.10. The molecule has 2 atom stereocenters. The van der Waals surface area contributed by atoms with E-state index in [0.29, 0.717) is 11.7 Å². The van der Waals surface area contributed by atoms with Crippen molar-refractivity contribution in [1.82, 2.24) is 5.32 Å². The number of methoxy groups -OCH3 is 1. The van der Waals surface area contributed by atoms with Crippen LogP contribution in [0.4, 0.5) is 0 Å². The van der Waals surface area contributed by atoms with E-state index in [9.17, 15) is 4.79 Å². The Hall–Kier alpha value is -2.01. The summed E-state index contributed by atoms with van der Waals surface area (Å²) in [6, 6.07) is 11.5. The Bertz CT molecular complexity index is 787. The number of benzene rings is 2. The summed E-state index contributed by atoms with van der Waals surface area (Å²) in [5.74, 6) is 1.74. The molecule has 0 aromatic heterocycles. The standard InChI is InChI=1S/C22H28BrNO3/c1-13(2)19-12-20(14(3)11-21(19)26-6)15(4)24-22(25)16(5)27-18-9-7-17(23)8-10-18/h7-13,15-16H,1-6H3,(H,24,25)/t15-,16+/m1/s1. The molecule has 2 aromatic carbocycles. The molecule has 27 heavy (non-hydrogen) atoms. The van der Waals surface area contributed by atoms with Crippen LogP contribution in [0.1, 0.15) is 56.3 Å². The van der Waals surface area contributed by atoms with Crippen LogP contribution in [-0.2, 0) is 4.79 Å². The van der Waals surface area contributed by atoms with Crippen LogP contribution in [0.15, 0.2) is 40.9 Å². The number of ether oxygens (including phenoxy) is 2. The second kappa shape index (κ2) is 9.27. The van der Waals surface area contributed by atoms with Gasteiger partial charge >= 0.3 is 0 Å². The van der Waals surface area contributed by atoms with Crippen molar-refractivity contribution in [1.29, 1.82) is 0 Å². The van der Waals surface area contributed by atoms with Crippen molar-refractivity contribution < 1.29 is 14.3 Å². The van der Waals surface area contributed by atoms with E-state index >= 15 is 0 Å². The highest BCUT2D eigenvalue weighted by Crippen LogP contribution is 2.32. The molecule has 146 valence electrons. The Labute approximate surface area is 170 Å². The van der Waals surface area contributed by atoms with Gasteiger partial charge in [0.25, 0.3) is 5.91 Å². The molecule has 0 fully saturated rings. The highest BCUT2D eigenvalue weighted by atomic mass is 79.9. The number of aryl methyl sites for hydroxylation is 1. The summed E-state index contributed by atoms with van der Waals surface area (Å²) in [5, 5.41) is 3.06. The fourth-order valence-electron chi connectivity index (χ4n) is 2.99. The maximum Gasteiger partial charge on any atom is 0.261 e. The first-order chi connectivity index (χ1) is 12.7. The van der Waals surface area contributed by atoms with Gasteiger partial charge < -0.3 is 14.8 Å². The number of hydrogen-bond acceptors (Lipinski definition) is 3. The molecule has 1 N–H and O–H groups in total. The van der Waals surface area contributed by atoms with Gasteiger partial charge in [-0.15, -0.1) is 0 Å². The molecule has 2 rings (SSSR count). The molecule has 0 aliphatic rings. The third-order valence-corrected chi connectivity index (χ3v) is 5.09. The first kappa shape index (κ1) is 21.3. The zero-order valence-electron chi connectivity index (χ0n) is 16.8. The van der Waals surface area contributed by atoms with Crippen LogP contribution >= 0.6 is 15.9 Å². The van der Waals surface area contributed by atoms with E-state index < -0.39 is 6.10 Å². The fraction of sp³-hybridized carbons (Fsp3) is 0.409. The summed E-state index contributed by atoms with van der Waals surface area (Å²) in [6.45, 7) is 10.0. The molecule has 1 amide bonds. The average Bonchev–Trinajstić information content (AvgIpc) is 2.62. The minimum absolute atomic E-state index is 0.128. The first-order valence-electron chi connectivity index (χ1n) is 9.14. The largest absolute Gasteiger partial charge is 0.496 e. The van der Waals surface area contributed by atoms with Crippen molar-refractivity contribution in [3.05, 3.63) is 57.6 Å². The van der Waals surface area contributed by atoms with Gasteiger partial charge in [-0.25, -0.2) is 0 Å². The van der Waals surface area contributed by atoms with E-state index in [-0.39, 0.29) is 11.9 Å². The molecule has 0 spiro atoms. The zero-order valence-corrected chi connectivity index (χ0v) is 18.4. The lowest BCUT2D eigenvalue weighted by atomic mass is 9.93. The van der Waals surface area contributed by atoms with E-state index in [1.807, 2.05) is 44.2 Å². The van der Waals surface area contributed by atoms with Crippen molar-refractivity contribution in [3.63, 3.8) is 0 Å². The summed E-state index contributed by atoms with van der Waals surface area (Å²) >= 11 is 3.39. The Balaban J connectivity index is 2.11. The van der Waals surface area contributed by atoms with Gasteiger partial charge in [0.05, 0.1) is 13.2 Å². The molecule has 2 aromatic rings. The van der Waals surface area contributed by atoms with Crippen molar-refractivity contribution >= 4 is 21.8 Å². The van der Waals surface area contributed by atoms with Gasteiger partial charge in [-0.2, -0.15) is 0 Å². The van der Waals surface area contributed by atoms with Gasteiger partial charge in [0, 0.05) is 4.47 Å². The third-order valence-electron chi connectivity index (χ3n) is 4.56. The van der Waals surface area contributed by atoms with Crippen LogP contribution in [0.5, 0.6) is 11.5 Å². The minimum Gasteiger partial charge on any atom is -0.496 e. The van der Waals surface area contributed by atoms with E-state index in [0.717, 1.165) is 26.9 Å². The number of amides is 1. The predicted octanol–water partition coefficient (Wildman–Crippen LogP) is 5.53. The van der Waals surface area contributed by atoms with E-state index in [2.05, 4.69) is 41.2 Å². The average molecular weight is 434 g/mol. The summed E-state index contributed by atoms with van der Waals surface area (Å²) in [5.41, 5.74) is 3.31. The molecular weight excluding hydrogens is 406 g/mol. The third kappa shape index (κ3) is 5.48. The van der Waals surface area contributed by atoms with Crippen LogP contribution in [0, 0.1) is 6.92 Å². The maximum absolute atomic E-state index is 12.6. The fourth-order valence-corrected chi connectivity index (χ4v) is 3.25. The van der Waals surface area contributed by atoms with Gasteiger partial charge in [0.2, 0.25) is 0 Å². The van der Waals surface area contributed by atoms with E-state index in [1.54, 1.807) is 14.0 Å². The second-order valence-electron chi connectivity index (χ2n) is 7.05. The number of carbonyl (C=O) groups excluding carboxylic acids is 1. The van der Waals surface area contributed by atoms with Gasteiger partial charge in [0.15, 0.2) is 6.10 Å². The van der Waals surface area contributed by atoms with Gasteiger partial charge in [0.1, 0.15) is 11.5 Å². The molecule has 4 nitrogen and oxygen atoms in total. The number of rotatable bonds is 7. The summed E-state index contributed by atoms with van der Waals surface area (Å²) in [6.07, 6.45) is -0.586. The molecule has 0 aliphatic carbocycles. The van der Waals surface area contributed by atoms with Crippen LogP contribution in [0.3, 0.4) is 0 Å². The SMILES string of the molecule is COc1cc(C)c([C@@H](C)NC(=O)[C@H](C)Oc2ccc(Br)cc2)cc1C(C)C. The van der Waals surface area contributed by atoms with E-state index in [4.69, 9.17) is 9.47 Å². The second-order valence-corrected chi connectivity index (χ2v) is 7.97. The van der Waals surface area contributed by atoms with Gasteiger partial charge in [-0.1, -0.05) is 29.8 Å². The summed E-state index contributed by atoms with van der Waals surface area (Å²) in [4.78, 5) is 12.6. The van der Waals surface area contributed by atoms with Crippen molar-refractivity contribution in [2.45, 2.75) is 52.7 Å². The van der Waals surface area contributed by atoms with Crippen molar-refractivity contribution in [2.24, 2.45) is 0 Å². The molecule has 0 heterocycles. The van der Waals surface area contributed by atoms with Gasteiger partial charge in [-0.05, 0) is 79.8 Å². The number of hydrogen-bond donors (Lipinski definition) is 1. The Morgan fingerprint density at radius 3 is 2.22 bits per heavy atom. The Morgan fingerprint density at radius 1 is 1.04 bits per heavy atom. The molecule has 0 saturated heterocycles. The van der Waals surface area contributed by atoms with Crippen LogP contribution in [0.25, 0.3) is 0 Å². The minimum atomic E-state index is -0.586. The molecule has 0 saturated carbocycles. The number of halogens is 1. The summed E-state index contributed by atoms with van der Waals surface area (Å²) in [7, 11) is 1.69. The molecule has 0 bridgehead atoms. The lowest BCUT2D eigenvalue weighted by Crippen LogP contribution is -2.38. The summed E-state index contributed by atoms with van der Waals surface area (Å²) < 4.78 is 12.2. The first-order valence-corrected chi connectivity index (χ1v) is 9.93. The maximum atomic E-state index is 12.6. The zero-order chi connectivity index (χ0) is 20.1. The van der Waals surface area contributed by atoms with Gasteiger partial charge in [-0.3, -0.25) is 4.79 Å². The quantitative estimate of drug-likeness (QED) is 0.623. The molecule has 5 heteroatoms. The Kier molecular flexibility index (Phi) is 7.31. The van der Waals surface area contributed by atoms with Crippen LogP contribution in [-0.4, -0.2) is 19.1 Å². The highest BCUT2D eigenvalue weighted by Gasteiger charge is 2.20. The monoisotopic (exact) mass is 433 g/mol. The molecule has 0 aliphatic heterocycles. The molecule has 0 radical (unpaired) electrons. The number of carbonyl (C=O) groups is 1. The van der Waals surface area contributed by atoms with Crippen molar-refractivity contribution in [3.8, 4) is 11.5 Å². The molecular formula is C22H28BrNO3. The number of nitrogens with one attached hydrogen (secondary N) is 1. The van der Waals surface area contributed by atoms with Crippen molar-refractivity contribution in [2.75, 3.05) is 7.11 Å². The predicted molar refractivity (Wildman–Crippen MR) is 113 cm³/mol. The van der Waals surface area contributed by atoms with E-state index in [1.165, 1.54) is 0 Å². The smallest absolute Gasteiger partial charge is 0.261 e.